The van der Waals surface area contributed by atoms with E-state index in [-0.39, 0.29) is 0 Å². The number of benzene rings is 3. The Balaban J connectivity index is 2.15. The SMILES string of the molecule is Cc1ccc2c(c1)C(C)c1ccc3ccccc3c1-2. The average molecular weight is 244 g/mol. The van der Waals surface area contributed by atoms with Gasteiger partial charge in [-0.3, -0.25) is 0 Å². The van der Waals surface area contributed by atoms with E-state index < -0.39 is 0 Å². The van der Waals surface area contributed by atoms with E-state index in [4.69, 9.17) is 0 Å². The molecule has 4 rings (SSSR count). The van der Waals surface area contributed by atoms with Gasteiger partial charge < -0.3 is 0 Å². The summed E-state index contributed by atoms with van der Waals surface area (Å²) in [5.74, 6) is 0.509. The molecule has 0 heterocycles. The van der Waals surface area contributed by atoms with Gasteiger partial charge in [0.15, 0.2) is 0 Å². The van der Waals surface area contributed by atoms with Crippen LogP contribution in [0.1, 0.15) is 29.5 Å². The van der Waals surface area contributed by atoms with Gasteiger partial charge in [0.05, 0.1) is 0 Å². The largest absolute Gasteiger partial charge is 0.0616 e. The Labute approximate surface area is 113 Å². The number of hydrogen-bond donors (Lipinski definition) is 0. The highest BCUT2D eigenvalue weighted by Crippen LogP contribution is 2.47. The van der Waals surface area contributed by atoms with Crippen molar-refractivity contribution >= 4 is 10.8 Å². The lowest BCUT2D eigenvalue weighted by atomic mass is 9.96. The molecule has 1 aliphatic rings. The van der Waals surface area contributed by atoms with Gasteiger partial charge >= 0.3 is 0 Å². The van der Waals surface area contributed by atoms with Gasteiger partial charge in [-0.05, 0) is 39.9 Å². The molecule has 1 atom stereocenters. The fourth-order valence-electron chi connectivity index (χ4n) is 3.39. The molecular formula is C19H16. The number of hydrogen-bond acceptors (Lipinski definition) is 0. The first-order valence-electron chi connectivity index (χ1n) is 6.88. The first-order valence-corrected chi connectivity index (χ1v) is 6.88. The van der Waals surface area contributed by atoms with Gasteiger partial charge in [0.1, 0.15) is 0 Å². The third-order valence-corrected chi connectivity index (χ3v) is 4.37. The Bertz CT molecular complexity index is 796. The summed E-state index contributed by atoms with van der Waals surface area (Å²) >= 11 is 0. The van der Waals surface area contributed by atoms with Crippen molar-refractivity contribution in [3.8, 4) is 11.1 Å². The highest BCUT2D eigenvalue weighted by Gasteiger charge is 2.26. The van der Waals surface area contributed by atoms with Crippen LogP contribution < -0.4 is 0 Å². The maximum Gasteiger partial charge on any atom is 0.00736 e. The van der Waals surface area contributed by atoms with E-state index >= 15 is 0 Å². The second-order valence-corrected chi connectivity index (χ2v) is 5.56. The molecule has 0 amide bonds. The van der Waals surface area contributed by atoms with Crippen molar-refractivity contribution in [3.05, 3.63) is 71.3 Å². The molecule has 1 unspecified atom stereocenters. The van der Waals surface area contributed by atoms with Crippen LogP contribution in [0.15, 0.2) is 54.6 Å². The second kappa shape index (κ2) is 3.71. The fourth-order valence-corrected chi connectivity index (χ4v) is 3.39. The molecule has 0 aromatic heterocycles. The Morgan fingerprint density at radius 2 is 1.68 bits per heavy atom. The van der Waals surface area contributed by atoms with E-state index in [2.05, 4.69) is 68.4 Å². The van der Waals surface area contributed by atoms with Crippen molar-refractivity contribution in [2.75, 3.05) is 0 Å². The summed E-state index contributed by atoms with van der Waals surface area (Å²) in [5, 5.41) is 2.72. The second-order valence-electron chi connectivity index (χ2n) is 5.56. The van der Waals surface area contributed by atoms with Gasteiger partial charge in [-0.15, -0.1) is 0 Å². The summed E-state index contributed by atoms with van der Waals surface area (Å²) in [4.78, 5) is 0. The topological polar surface area (TPSA) is 0 Å². The van der Waals surface area contributed by atoms with Crippen LogP contribution in [-0.2, 0) is 0 Å². The van der Waals surface area contributed by atoms with Crippen LogP contribution in [0.2, 0.25) is 0 Å². The van der Waals surface area contributed by atoms with E-state index in [1.54, 1.807) is 0 Å². The van der Waals surface area contributed by atoms with E-state index in [1.807, 2.05) is 0 Å². The van der Waals surface area contributed by atoms with Crippen LogP contribution in [0.25, 0.3) is 21.9 Å². The molecule has 0 saturated heterocycles. The third kappa shape index (κ3) is 1.40. The molecule has 0 saturated carbocycles. The summed E-state index contributed by atoms with van der Waals surface area (Å²) in [6.45, 7) is 4.49. The van der Waals surface area contributed by atoms with Gasteiger partial charge in [0.2, 0.25) is 0 Å². The first-order chi connectivity index (χ1) is 9.25. The van der Waals surface area contributed by atoms with Gasteiger partial charge in [-0.1, -0.05) is 67.1 Å². The predicted molar refractivity (Wildman–Crippen MR) is 81.6 cm³/mol. The van der Waals surface area contributed by atoms with Crippen molar-refractivity contribution in [2.24, 2.45) is 0 Å². The molecule has 3 aromatic carbocycles. The smallest absolute Gasteiger partial charge is 0.00736 e. The van der Waals surface area contributed by atoms with Crippen molar-refractivity contribution in [1.29, 1.82) is 0 Å². The summed E-state index contributed by atoms with van der Waals surface area (Å²) in [7, 11) is 0. The number of rotatable bonds is 0. The van der Waals surface area contributed by atoms with Gasteiger partial charge in [-0.25, -0.2) is 0 Å². The van der Waals surface area contributed by atoms with E-state index in [0.717, 1.165) is 0 Å². The molecule has 0 aliphatic heterocycles. The highest BCUT2D eigenvalue weighted by atomic mass is 14.3. The zero-order valence-corrected chi connectivity index (χ0v) is 11.3. The van der Waals surface area contributed by atoms with Crippen molar-refractivity contribution in [1.82, 2.24) is 0 Å². The van der Waals surface area contributed by atoms with Gasteiger partial charge in [0, 0.05) is 5.92 Å². The molecule has 0 fully saturated rings. The summed E-state index contributed by atoms with van der Waals surface area (Å²) in [5.41, 5.74) is 7.17. The van der Waals surface area contributed by atoms with Crippen molar-refractivity contribution in [2.45, 2.75) is 19.8 Å². The summed E-state index contributed by atoms with van der Waals surface area (Å²) in [6, 6.07) is 20.1. The lowest BCUT2D eigenvalue weighted by molar-refractivity contribution is 0.955. The van der Waals surface area contributed by atoms with E-state index in [9.17, 15) is 0 Å². The molecule has 19 heavy (non-hydrogen) atoms. The van der Waals surface area contributed by atoms with E-state index in [1.165, 1.54) is 38.6 Å². The summed E-state index contributed by atoms with van der Waals surface area (Å²) < 4.78 is 0. The van der Waals surface area contributed by atoms with Gasteiger partial charge in [0.25, 0.3) is 0 Å². The third-order valence-electron chi connectivity index (χ3n) is 4.37. The molecule has 0 nitrogen and oxygen atoms in total. The molecule has 0 bridgehead atoms. The monoisotopic (exact) mass is 244 g/mol. The van der Waals surface area contributed by atoms with Crippen LogP contribution >= 0.6 is 0 Å². The minimum absolute atomic E-state index is 0.509. The Hall–Kier alpha value is -2.08. The molecule has 0 heteroatoms. The van der Waals surface area contributed by atoms with Crippen LogP contribution in [0.4, 0.5) is 0 Å². The minimum Gasteiger partial charge on any atom is -0.0616 e. The van der Waals surface area contributed by atoms with Crippen LogP contribution in [-0.4, -0.2) is 0 Å². The minimum atomic E-state index is 0.509. The van der Waals surface area contributed by atoms with E-state index in [0.29, 0.717) is 5.92 Å². The quantitative estimate of drug-likeness (QED) is 0.504. The van der Waals surface area contributed by atoms with Crippen LogP contribution in [0.5, 0.6) is 0 Å². The Morgan fingerprint density at radius 1 is 0.842 bits per heavy atom. The lowest BCUT2D eigenvalue weighted by Gasteiger charge is -2.08. The van der Waals surface area contributed by atoms with Crippen LogP contribution in [0, 0.1) is 6.92 Å². The maximum atomic E-state index is 2.34. The van der Waals surface area contributed by atoms with Gasteiger partial charge in [-0.2, -0.15) is 0 Å². The highest BCUT2D eigenvalue weighted by molar-refractivity contribution is 6.01. The average Bonchev–Trinajstić information content (AvgIpc) is 2.72. The fraction of sp³-hybridized carbons (Fsp3) is 0.158. The molecule has 0 spiro atoms. The molecule has 92 valence electrons. The standard InChI is InChI=1S/C19H16/c1-12-7-9-17-18(11-12)13(2)15-10-8-14-5-3-4-6-16(14)19(15)17/h3-11,13H,1-2H3. The van der Waals surface area contributed by atoms with Crippen molar-refractivity contribution in [3.63, 3.8) is 0 Å². The Morgan fingerprint density at radius 3 is 2.58 bits per heavy atom. The molecule has 0 radical (unpaired) electrons. The normalized spacial score (nSPS) is 16.4. The molecule has 0 N–H and O–H groups in total. The zero-order chi connectivity index (χ0) is 13.0. The summed E-state index contributed by atoms with van der Waals surface area (Å²) in [6.07, 6.45) is 0. The van der Waals surface area contributed by atoms with Crippen LogP contribution in [0.3, 0.4) is 0 Å². The lowest BCUT2D eigenvalue weighted by Crippen LogP contribution is -1.89. The molecular weight excluding hydrogens is 228 g/mol. The molecule has 1 aliphatic carbocycles. The first kappa shape index (κ1) is 10.8. The zero-order valence-electron chi connectivity index (χ0n) is 11.3. The number of aryl methyl sites for hydroxylation is 1. The maximum absolute atomic E-state index is 2.34. The molecule has 3 aromatic rings. The Kier molecular flexibility index (Phi) is 2.11. The number of fused-ring (bicyclic) bond motifs is 5. The van der Waals surface area contributed by atoms with Crippen molar-refractivity contribution < 1.29 is 0 Å². The predicted octanol–water partition coefficient (Wildman–Crippen LogP) is 5.28.